The van der Waals surface area contributed by atoms with Crippen molar-refractivity contribution in [3.05, 3.63) is 63.6 Å². The number of methoxy groups -OCH3 is 1. The van der Waals surface area contributed by atoms with Gasteiger partial charge in [0.1, 0.15) is 0 Å². The van der Waals surface area contributed by atoms with E-state index < -0.39 is 13.6 Å². The van der Waals surface area contributed by atoms with Gasteiger partial charge in [0.15, 0.2) is 0 Å². The third-order valence-electron chi connectivity index (χ3n) is 3.88. The first-order valence-corrected chi connectivity index (χ1v) is 11.5. The van der Waals surface area contributed by atoms with Crippen molar-refractivity contribution in [1.29, 1.82) is 0 Å². The Bertz CT molecular complexity index is 906. The summed E-state index contributed by atoms with van der Waals surface area (Å²) in [4.78, 5) is 24.5. The topological polar surface area (TPSA) is 90.9 Å². The van der Waals surface area contributed by atoms with E-state index in [1.165, 1.54) is 7.11 Å². The lowest BCUT2D eigenvalue weighted by Crippen LogP contribution is -2.15. The largest absolute Gasteiger partial charge is 0.465 e. The molecule has 0 heterocycles. The van der Waals surface area contributed by atoms with Crippen LogP contribution < -0.4 is 5.32 Å². The lowest BCUT2D eigenvalue weighted by molar-refractivity contribution is 0.0602. The van der Waals surface area contributed by atoms with Gasteiger partial charge in [0, 0.05) is 10.0 Å². The molecule has 0 radical (unpaired) electrons. The number of halogens is 1. The van der Waals surface area contributed by atoms with Crippen LogP contribution in [0.25, 0.3) is 0 Å². The highest BCUT2D eigenvalue weighted by molar-refractivity contribution is 9.10. The fourth-order valence-corrected chi connectivity index (χ4v) is 4.67. The number of ether oxygens (including phenoxy) is 1. The fraction of sp³-hybridized carbons (Fsp3) is 0.300. The third kappa shape index (κ3) is 6.51. The predicted octanol–water partition coefficient (Wildman–Crippen LogP) is 5.25. The SMILES string of the molecule is CCOP(=O)(Cc1ccc(C(=O)Nc2ccc(Br)cc2C(=O)OC)cc1)OCC. The van der Waals surface area contributed by atoms with Crippen LogP contribution in [0.2, 0.25) is 0 Å². The van der Waals surface area contributed by atoms with Gasteiger partial charge in [0.25, 0.3) is 5.91 Å². The Balaban J connectivity index is 2.16. The van der Waals surface area contributed by atoms with E-state index in [1.54, 1.807) is 56.3 Å². The summed E-state index contributed by atoms with van der Waals surface area (Å²) in [6.07, 6.45) is 0.121. The standard InChI is InChI=1S/C20H23BrNO6P/c1-4-27-29(25,28-5-2)13-14-6-8-15(9-7-14)19(23)22-18-11-10-16(21)12-17(18)20(24)26-3/h6-12H,4-5,13H2,1-3H3,(H,22,23). The molecular weight excluding hydrogens is 461 g/mol. The molecule has 7 nitrogen and oxygen atoms in total. The molecule has 29 heavy (non-hydrogen) atoms. The molecule has 0 saturated carbocycles. The molecule has 2 aromatic carbocycles. The molecule has 2 rings (SSSR count). The molecule has 0 unspecified atom stereocenters. The molecule has 1 N–H and O–H groups in total. The highest BCUT2D eigenvalue weighted by Crippen LogP contribution is 2.51. The van der Waals surface area contributed by atoms with Gasteiger partial charge in [0.2, 0.25) is 0 Å². The Morgan fingerprint density at radius 3 is 2.21 bits per heavy atom. The van der Waals surface area contributed by atoms with Gasteiger partial charge in [-0.05, 0) is 49.7 Å². The number of amides is 1. The summed E-state index contributed by atoms with van der Waals surface area (Å²) in [6.45, 7) is 4.08. The molecule has 0 spiro atoms. The molecule has 2 aromatic rings. The zero-order chi connectivity index (χ0) is 21.4. The minimum atomic E-state index is -3.22. The van der Waals surface area contributed by atoms with Crippen molar-refractivity contribution in [3.63, 3.8) is 0 Å². The van der Waals surface area contributed by atoms with Crippen molar-refractivity contribution in [3.8, 4) is 0 Å². The van der Waals surface area contributed by atoms with Crippen LogP contribution in [0.15, 0.2) is 46.9 Å². The molecule has 0 bridgehead atoms. The minimum absolute atomic E-state index is 0.121. The van der Waals surface area contributed by atoms with Gasteiger partial charge in [-0.2, -0.15) is 0 Å². The molecule has 0 aromatic heterocycles. The van der Waals surface area contributed by atoms with E-state index in [4.69, 9.17) is 13.8 Å². The Morgan fingerprint density at radius 2 is 1.66 bits per heavy atom. The van der Waals surface area contributed by atoms with Crippen LogP contribution in [0.5, 0.6) is 0 Å². The van der Waals surface area contributed by atoms with Gasteiger partial charge in [-0.25, -0.2) is 4.79 Å². The summed E-state index contributed by atoms with van der Waals surface area (Å²) in [7, 11) is -1.94. The van der Waals surface area contributed by atoms with Gasteiger partial charge in [-0.15, -0.1) is 0 Å². The van der Waals surface area contributed by atoms with E-state index >= 15 is 0 Å². The minimum Gasteiger partial charge on any atom is -0.465 e. The van der Waals surface area contributed by atoms with Gasteiger partial charge >= 0.3 is 13.6 Å². The number of carbonyl (C=O) groups excluding carboxylic acids is 2. The predicted molar refractivity (Wildman–Crippen MR) is 114 cm³/mol. The zero-order valence-corrected chi connectivity index (χ0v) is 18.9. The van der Waals surface area contributed by atoms with Crippen molar-refractivity contribution in [2.75, 3.05) is 25.6 Å². The summed E-state index contributed by atoms with van der Waals surface area (Å²) in [5.74, 6) is -0.943. The van der Waals surface area contributed by atoms with E-state index in [9.17, 15) is 14.2 Å². The van der Waals surface area contributed by atoms with Gasteiger partial charge < -0.3 is 19.1 Å². The van der Waals surface area contributed by atoms with Crippen LogP contribution in [0.4, 0.5) is 5.69 Å². The number of nitrogens with one attached hydrogen (secondary N) is 1. The zero-order valence-electron chi connectivity index (χ0n) is 16.4. The lowest BCUT2D eigenvalue weighted by Gasteiger charge is -2.17. The van der Waals surface area contributed by atoms with E-state index in [-0.39, 0.29) is 30.8 Å². The fourth-order valence-electron chi connectivity index (χ4n) is 2.61. The maximum Gasteiger partial charge on any atom is 0.340 e. The van der Waals surface area contributed by atoms with Gasteiger partial charge in [-0.1, -0.05) is 28.1 Å². The van der Waals surface area contributed by atoms with Crippen LogP contribution in [0.3, 0.4) is 0 Å². The monoisotopic (exact) mass is 483 g/mol. The average molecular weight is 484 g/mol. The summed E-state index contributed by atoms with van der Waals surface area (Å²) in [5, 5.41) is 2.71. The summed E-state index contributed by atoms with van der Waals surface area (Å²) in [5.41, 5.74) is 1.69. The van der Waals surface area contributed by atoms with Crippen molar-refractivity contribution in [2.45, 2.75) is 20.0 Å². The molecule has 0 aliphatic heterocycles. The summed E-state index contributed by atoms with van der Waals surface area (Å²) < 4.78 is 28.7. The second kappa shape index (κ2) is 10.7. The quantitative estimate of drug-likeness (QED) is 0.386. The van der Waals surface area contributed by atoms with Gasteiger partial charge in [-0.3, -0.25) is 9.36 Å². The number of rotatable bonds is 9. The molecule has 0 aliphatic rings. The molecule has 156 valence electrons. The Labute approximate surface area is 178 Å². The molecular formula is C20H23BrNO6P. The average Bonchev–Trinajstić information content (AvgIpc) is 2.69. The highest BCUT2D eigenvalue weighted by atomic mass is 79.9. The number of esters is 1. The van der Waals surface area contributed by atoms with Crippen molar-refractivity contribution < 1.29 is 27.9 Å². The van der Waals surface area contributed by atoms with Crippen molar-refractivity contribution >= 4 is 41.1 Å². The summed E-state index contributed by atoms with van der Waals surface area (Å²) in [6, 6.07) is 11.5. The number of anilines is 1. The Hall–Kier alpha value is -1.99. The van der Waals surface area contributed by atoms with Crippen LogP contribution in [0, 0.1) is 0 Å². The van der Waals surface area contributed by atoms with E-state index in [1.807, 2.05) is 0 Å². The first-order valence-electron chi connectivity index (χ1n) is 8.98. The molecule has 9 heteroatoms. The smallest absolute Gasteiger partial charge is 0.340 e. The Morgan fingerprint density at radius 1 is 1.03 bits per heavy atom. The molecule has 0 atom stereocenters. The normalized spacial score (nSPS) is 11.2. The first kappa shape index (κ1) is 23.3. The second-order valence-corrected chi connectivity index (χ2v) is 8.91. The maximum absolute atomic E-state index is 12.6. The molecule has 1 amide bonds. The molecule has 0 fully saturated rings. The van der Waals surface area contributed by atoms with E-state index in [2.05, 4.69) is 21.2 Å². The molecule has 0 saturated heterocycles. The number of carbonyl (C=O) groups is 2. The maximum atomic E-state index is 12.6. The summed E-state index contributed by atoms with van der Waals surface area (Å²) >= 11 is 3.30. The second-order valence-electron chi connectivity index (χ2n) is 5.94. The van der Waals surface area contributed by atoms with Crippen molar-refractivity contribution in [2.24, 2.45) is 0 Å². The van der Waals surface area contributed by atoms with Crippen LogP contribution in [-0.4, -0.2) is 32.2 Å². The number of hydrogen-bond acceptors (Lipinski definition) is 6. The Kier molecular flexibility index (Phi) is 8.59. The van der Waals surface area contributed by atoms with Crippen LogP contribution in [0.1, 0.15) is 40.1 Å². The van der Waals surface area contributed by atoms with Crippen LogP contribution in [-0.2, 0) is 24.5 Å². The van der Waals surface area contributed by atoms with Crippen molar-refractivity contribution in [1.82, 2.24) is 0 Å². The number of hydrogen-bond donors (Lipinski definition) is 1. The number of benzene rings is 2. The third-order valence-corrected chi connectivity index (χ3v) is 6.43. The van der Waals surface area contributed by atoms with E-state index in [0.717, 1.165) is 5.56 Å². The van der Waals surface area contributed by atoms with Gasteiger partial charge in [0.05, 0.1) is 37.7 Å². The lowest BCUT2D eigenvalue weighted by atomic mass is 10.1. The molecule has 0 aliphatic carbocycles. The van der Waals surface area contributed by atoms with Crippen LogP contribution >= 0.6 is 23.5 Å². The highest BCUT2D eigenvalue weighted by Gasteiger charge is 2.24. The first-order chi connectivity index (χ1) is 13.8. The van der Waals surface area contributed by atoms with E-state index in [0.29, 0.717) is 15.7 Å².